The first-order valence-corrected chi connectivity index (χ1v) is 9.84. The minimum atomic E-state index is 0.334. The second-order valence-electron chi connectivity index (χ2n) is 7.65. The molecule has 0 aliphatic heterocycles. The molecule has 3 heteroatoms. The Morgan fingerprint density at radius 3 is 2.44 bits per heavy atom. The molecule has 2 nitrogen and oxygen atoms in total. The van der Waals surface area contributed by atoms with E-state index in [-0.39, 0.29) is 0 Å². The number of phenolic OH excluding ortho intramolecular Hbond substituents is 1. The monoisotopic (exact) mass is 393 g/mol. The molecule has 1 N–H and O–H groups in total. The van der Waals surface area contributed by atoms with Gasteiger partial charge in [0, 0.05) is 21.6 Å². The molecule has 0 unspecified atom stereocenters. The van der Waals surface area contributed by atoms with Crippen LogP contribution in [0.3, 0.4) is 0 Å². The van der Waals surface area contributed by atoms with Crippen LogP contribution >= 0.6 is 15.9 Å². The molecular formula is C22H20BrNO. The highest BCUT2D eigenvalue weighted by Gasteiger charge is 2.41. The minimum Gasteiger partial charge on any atom is -0.507 e. The topological polar surface area (TPSA) is 33.1 Å². The van der Waals surface area contributed by atoms with Gasteiger partial charge in [0.15, 0.2) is 0 Å². The van der Waals surface area contributed by atoms with Crippen molar-refractivity contribution in [3.63, 3.8) is 0 Å². The van der Waals surface area contributed by atoms with Gasteiger partial charge in [0.1, 0.15) is 5.75 Å². The number of benzene rings is 2. The molecule has 1 aromatic heterocycles. The summed E-state index contributed by atoms with van der Waals surface area (Å²) in [6.07, 6.45) is 9.67. The summed E-state index contributed by atoms with van der Waals surface area (Å²) in [5.41, 5.74) is 5.54. The van der Waals surface area contributed by atoms with Crippen LogP contribution in [0.25, 0.3) is 22.0 Å². The van der Waals surface area contributed by atoms with E-state index in [2.05, 4.69) is 22.0 Å². The van der Waals surface area contributed by atoms with Crippen LogP contribution in [0.15, 0.2) is 47.1 Å². The quantitative estimate of drug-likeness (QED) is 0.547. The summed E-state index contributed by atoms with van der Waals surface area (Å²) in [5.74, 6) is 0.334. The standard InChI is InChI=1S/C22H20BrNO/c23-19-13-24-21(18-12-22(11-17(18)19)9-3-4-10-22)16-7-8-20(25)15-6-2-1-5-14(15)16/h1-2,5-8,13,25H,3-4,9-12H2. The summed E-state index contributed by atoms with van der Waals surface area (Å²) in [6, 6.07) is 11.9. The Bertz CT molecular complexity index is 989. The average molecular weight is 394 g/mol. The lowest BCUT2D eigenvalue weighted by Crippen LogP contribution is -2.15. The molecule has 2 aliphatic rings. The molecule has 0 atom stereocenters. The highest BCUT2D eigenvalue weighted by Crippen LogP contribution is 2.52. The second kappa shape index (κ2) is 5.57. The highest BCUT2D eigenvalue weighted by atomic mass is 79.9. The Morgan fingerprint density at radius 2 is 1.64 bits per heavy atom. The zero-order valence-electron chi connectivity index (χ0n) is 14.1. The number of fused-ring (bicyclic) bond motifs is 2. The van der Waals surface area contributed by atoms with Gasteiger partial charge < -0.3 is 5.11 Å². The number of hydrogen-bond acceptors (Lipinski definition) is 2. The first-order chi connectivity index (χ1) is 12.2. The summed E-state index contributed by atoms with van der Waals surface area (Å²) in [6.45, 7) is 0. The summed E-state index contributed by atoms with van der Waals surface area (Å²) in [4.78, 5) is 4.83. The number of aromatic hydroxyl groups is 1. The van der Waals surface area contributed by atoms with E-state index in [0.717, 1.165) is 32.9 Å². The van der Waals surface area contributed by atoms with Gasteiger partial charge in [-0.05, 0) is 75.7 Å². The van der Waals surface area contributed by atoms with Gasteiger partial charge in [0.2, 0.25) is 0 Å². The first-order valence-electron chi connectivity index (χ1n) is 9.04. The van der Waals surface area contributed by atoms with Crippen molar-refractivity contribution in [1.82, 2.24) is 4.98 Å². The van der Waals surface area contributed by atoms with Crippen LogP contribution in [0.1, 0.15) is 36.8 Å². The van der Waals surface area contributed by atoms with Crippen molar-refractivity contribution in [3.05, 3.63) is 58.2 Å². The molecule has 5 rings (SSSR count). The average Bonchev–Trinajstić information content (AvgIpc) is 3.24. The third-order valence-electron chi connectivity index (χ3n) is 6.17. The van der Waals surface area contributed by atoms with Crippen molar-refractivity contribution in [2.75, 3.05) is 0 Å². The molecule has 0 saturated heterocycles. The van der Waals surface area contributed by atoms with Gasteiger partial charge in [0.05, 0.1) is 5.69 Å². The van der Waals surface area contributed by atoms with Crippen LogP contribution in [0.4, 0.5) is 0 Å². The van der Waals surface area contributed by atoms with E-state index in [1.807, 2.05) is 30.5 Å². The van der Waals surface area contributed by atoms with E-state index < -0.39 is 0 Å². The van der Waals surface area contributed by atoms with Gasteiger partial charge in [-0.25, -0.2) is 0 Å². The Labute approximate surface area is 156 Å². The van der Waals surface area contributed by atoms with E-state index in [9.17, 15) is 5.11 Å². The molecule has 1 saturated carbocycles. The van der Waals surface area contributed by atoms with Crippen LogP contribution in [-0.4, -0.2) is 10.1 Å². The number of phenols is 1. The van der Waals surface area contributed by atoms with Crippen LogP contribution in [0.2, 0.25) is 0 Å². The van der Waals surface area contributed by atoms with Gasteiger partial charge >= 0.3 is 0 Å². The molecule has 2 aromatic carbocycles. The van der Waals surface area contributed by atoms with Crippen LogP contribution in [-0.2, 0) is 12.8 Å². The lowest BCUT2D eigenvalue weighted by Gasteiger charge is -2.21. The van der Waals surface area contributed by atoms with Crippen molar-refractivity contribution < 1.29 is 5.11 Å². The number of aromatic nitrogens is 1. The highest BCUT2D eigenvalue weighted by molar-refractivity contribution is 9.10. The largest absolute Gasteiger partial charge is 0.507 e. The Balaban J connectivity index is 1.73. The number of hydrogen-bond donors (Lipinski definition) is 1. The third-order valence-corrected chi connectivity index (χ3v) is 6.85. The summed E-state index contributed by atoms with van der Waals surface area (Å²) in [5, 5.41) is 12.2. The lowest BCUT2D eigenvalue weighted by atomic mass is 9.83. The smallest absolute Gasteiger partial charge is 0.123 e. The molecule has 126 valence electrons. The number of pyridine rings is 1. The number of halogens is 1. The fourth-order valence-corrected chi connectivity index (χ4v) is 5.44. The molecular weight excluding hydrogens is 374 g/mol. The molecule has 3 aromatic rings. The van der Waals surface area contributed by atoms with Gasteiger partial charge in [0.25, 0.3) is 0 Å². The van der Waals surface area contributed by atoms with E-state index >= 15 is 0 Å². The Hall–Kier alpha value is -1.87. The molecule has 25 heavy (non-hydrogen) atoms. The molecule has 0 amide bonds. The van der Waals surface area contributed by atoms with Gasteiger partial charge in [-0.1, -0.05) is 37.1 Å². The molecule has 0 bridgehead atoms. The summed E-state index contributed by atoms with van der Waals surface area (Å²) < 4.78 is 1.15. The van der Waals surface area contributed by atoms with Crippen molar-refractivity contribution >= 4 is 26.7 Å². The van der Waals surface area contributed by atoms with E-state index in [1.54, 1.807) is 6.07 Å². The molecule has 1 fully saturated rings. The fourth-order valence-electron chi connectivity index (χ4n) is 4.96. The maximum absolute atomic E-state index is 10.2. The zero-order valence-corrected chi connectivity index (χ0v) is 15.6. The van der Waals surface area contributed by atoms with Crippen molar-refractivity contribution in [1.29, 1.82) is 0 Å². The Morgan fingerprint density at radius 1 is 0.920 bits per heavy atom. The summed E-state index contributed by atoms with van der Waals surface area (Å²) in [7, 11) is 0. The van der Waals surface area contributed by atoms with Crippen LogP contribution in [0, 0.1) is 5.41 Å². The van der Waals surface area contributed by atoms with Crippen molar-refractivity contribution in [3.8, 4) is 17.0 Å². The van der Waals surface area contributed by atoms with E-state index in [0.29, 0.717) is 11.2 Å². The van der Waals surface area contributed by atoms with Gasteiger partial charge in [-0.3, -0.25) is 4.98 Å². The maximum atomic E-state index is 10.2. The first kappa shape index (κ1) is 15.4. The van der Waals surface area contributed by atoms with Crippen LogP contribution < -0.4 is 0 Å². The van der Waals surface area contributed by atoms with E-state index in [1.165, 1.54) is 43.2 Å². The molecule has 0 radical (unpaired) electrons. The second-order valence-corrected chi connectivity index (χ2v) is 8.50. The van der Waals surface area contributed by atoms with Crippen molar-refractivity contribution in [2.24, 2.45) is 5.41 Å². The fraction of sp³-hybridized carbons (Fsp3) is 0.318. The maximum Gasteiger partial charge on any atom is 0.123 e. The molecule has 2 aliphatic carbocycles. The summed E-state index contributed by atoms with van der Waals surface area (Å²) >= 11 is 3.74. The molecule has 1 heterocycles. The normalized spacial score (nSPS) is 18.1. The Kier molecular flexibility index (Phi) is 3.43. The lowest BCUT2D eigenvalue weighted by molar-refractivity contribution is 0.317. The van der Waals surface area contributed by atoms with Crippen molar-refractivity contribution in [2.45, 2.75) is 38.5 Å². The number of nitrogens with zero attached hydrogens (tertiary/aromatic N) is 1. The van der Waals surface area contributed by atoms with Gasteiger partial charge in [-0.2, -0.15) is 0 Å². The third kappa shape index (κ3) is 2.32. The molecule has 1 spiro atoms. The van der Waals surface area contributed by atoms with E-state index in [4.69, 9.17) is 4.98 Å². The van der Waals surface area contributed by atoms with Gasteiger partial charge in [-0.15, -0.1) is 0 Å². The SMILES string of the molecule is Oc1ccc(-c2ncc(Br)c3c2CC2(CCCC2)C3)c2ccccc12. The minimum absolute atomic E-state index is 0.334. The predicted molar refractivity (Wildman–Crippen MR) is 105 cm³/mol. The zero-order chi connectivity index (χ0) is 17.0. The van der Waals surface area contributed by atoms with Crippen LogP contribution in [0.5, 0.6) is 5.75 Å². The number of rotatable bonds is 1. The predicted octanol–water partition coefficient (Wildman–Crippen LogP) is 6.03.